The average Bonchev–Trinajstić information content (AvgIpc) is 3.88. The fourth-order valence-electron chi connectivity index (χ4n) is 10.1. The molecule has 2 aromatic heterocycles. The van der Waals surface area contributed by atoms with E-state index in [2.05, 4.69) is 209 Å². The van der Waals surface area contributed by atoms with E-state index < -0.39 is 0 Å². The molecule has 7 aromatic carbocycles. The van der Waals surface area contributed by atoms with Gasteiger partial charge in [0.25, 0.3) is 0 Å². The molecule has 0 bridgehead atoms. The lowest BCUT2D eigenvalue weighted by Gasteiger charge is -2.28. The van der Waals surface area contributed by atoms with Crippen LogP contribution in [0.3, 0.4) is 0 Å². The van der Waals surface area contributed by atoms with Crippen LogP contribution >= 0.6 is 11.3 Å². The van der Waals surface area contributed by atoms with E-state index in [-0.39, 0.29) is 10.8 Å². The summed E-state index contributed by atoms with van der Waals surface area (Å²) in [7, 11) is 0. The third kappa shape index (κ3) is 4.95. The minimum Gasteiger partial charge on any atom is -0.310 e. The van der Waals surface area contributed by atoms with Crippen LogP contribution in [0.5, 0.6) is 0 Å². The Balaban J connectivity index is 1.00. The molecule has 0 amide bonds. The molecule has 2 nitrogen and oxygen atoms in total. The van der Waals surface area contributed by atoms with Crippen LogP contribution in [0.15, 0.2) is 158 Å². The summed E-state index contributed by atoms with van der Waals surface area (Å²) in [5.41, 5.74) is 21.8. The summed E-state index contributed by atoms with van der Waals surface area (Å²) in [6.45, 7) is 13.9. The molecule has 276 valence electrons. The highest BCUT2D eigenvalue weighted by atomic mass is 32.1. The number of benzene rings is 7. The molecule has 9 aromatic rings. The average molecular weight is 753 g/mol. The van der Waals surface area contributed by atoms with Gasteiger partial charge in [-0.2, -0.15) is 0 Å². The minimum absolute atomic E-state index is 0.0511. The van der Waals surface area contributed by atoms with Crippen molar-refractivity contribution in [2.45, 2.75) is 52.4 Å². The second kappa shape index (κ2) is 12.2. The summed E-state index contributed by atoms with van der Waals surface area (Å²) in [6.07, 6.45) is 0. The van der Waals surface area contributed by atoms with Crippen LogP contribution in [0.1, 0.15) is 60.4 Å². The zero-order chi connectivity index (χ0) is 38.8. The highest BCUT2D eigenvalue weighted by molar-refractivity contribution is 7.20. The second-order valence-electron chi connectivity index (χ2n) is 17.1. The Bertz CT molecular complexity index is 3100. The summed E-state index contributed by atoms with van der Waals surface area (Å²) >= 11 is 1.90. The number of rotatable bonds is 5. The zero-order valence-electron chi connectivity index (χ0n) is 33.3. The summed E-state index contributed by atoms with van der Waals surface area (Å²) < 4.78 is 3.83. The fourth-order valence-corrected chi connectivity index (χ4v) is 11.2. The summed E-state index contributed by atoms with van der Waals surface area (Å²) in [5, 5.41) is 1.31. The van der Waals surface area contributed by atoms with Crippen LogP contribution in [-0.4, -0.2) is 4.57 Å². The van der Waals surface area contributed by atoms with Crippen molar-refractivity contribution in [3.8, 4) is 39.1 Å². The quantitative estimate of drug-likeness (QED) is 0.170. The van der Waals surface area contributed by atoms with Gasteiger partial charge >= 0.3 is 0 Å². The normalized spacial score (nSPS) is 14.4. The first kappa shape index (κ1) is 34.1. The number of nitrogens with zero attached hydrogens (tertiary/aromatic N) is 2. The Kier molecular flexibility index (Phi) is 7.28. The number of thiophene rings is 1. The topological polar surface area (TPSA) is 8.17 Å². The first-order valence-electron chi connectivity index (χ1n) is 20.1. The van der Waals surface area contributed by atoms with E-state index in [1.165, 1.54) is 98.6 Å². The van der Waals surface area contributed by atoms with Crippen LogP contribution in [0.2, 0.25) is 0 Å². The van der Waals surface area contributed by atoms with Crippen LogP contribution < -0.4 is 4.90 Å². The number of anilines is 3. The predicted molar refractivity (Wildman–Crippen MR) is 243 cm³/mol. The van der Waals surface area contributed by atoms with Gasteiger partial charge in [0.1, 0.15) is 0 Å². The molecule has 3 heteroatoms. The number of para-hydroxylation sites is 1. The molecule has 0 N–H and O–H groups in total. The van der Waals surface area contributed by atoms with Gasteiger partial charge in [-0.25, -0.2) is 0 Å². The van der Waals surface area contributed by atoms with Gasteiger partial charge in [0.2, 0.25) is 0 Å². The van der Waals surface area contributed by atoms with Gasteiger partial charge in [-0.1, -0.05) is 119 Å². The summed E-state index contributed by atoms with van der Waals surface area (Å²) in [5.74, 6) is 0. The van der Waals surface area contributed by atoms with Crippen molar-refractivity contribution in [2.24, 2.45) is 0 Å². The number of fused-ring (bicyclic) bond motifs is 9. The van der Waals surface area contributed by atoms with Gasteiger partial charge in [-0.3, -0.25) is 0 Å². The van der Waals surface area contributed by atoms with Gasteiger partial charge in [0.05, 0.1) is 15.7 Å². The third-order valence-corrected chi connectivity index (χ3v) is 14.1. The van der Waals surface area contributed by atoms with Crippen molar-refractivity contribution in [3.63, 3.8) is 0 Å². The fraction of sp³-hybridized carbons (Fsp3) is 0.148. The van der Waals surface area contributed by atoms with Gasteiger partial charge in [-0.15, -0.1) is 11.3 Å². The largest absolute Gasteiger partial charge is 0.310 e. The van der Waals surface area contributed by atoms with Crippen LogP contribution in [0.25, 0.3) is 60.2 Å². The van der Waals surface area contributed by atoms with Crippen molar-refractivity contribution >= 4 is 49.5 Å². The molecular weight excluding hydrogens is 709 g/mol. The van der Waals surface area contributed by atoms with Gasteiger partial charge < -0.3 is 9.47 Å². The first-order chi connectivity index (χ1) is 27.6. The molecule has 0 spiro atoms. The number of aryl methyl sites for hydroxylation is 2. The summed E-state index contributed by atoms with van der Waals surface area (Å²) in [4.78, 5) is 3.74. The minimum atomic E-state index is -0.0722. The van der Waals surface area contributed by atoms with Crippen molar-refractivity contribution < 1.29 is 0 Å². The molecule has 0 atom stereocenters. The molecule has 2 heterocycles. The van der Waals surface area contributed by atoms with E-state index in [1.54, 1.807) is 0 Å². The Morgan fingerprint density at radius 2 is 1.04 bits per heavy atom. The van der Waals surface area contributed by atoms with E-state index in [1.807, 2.05) is 11.3 Å². The second-order valence-corrected chi connectivity index (χ2v) is 18.4. The SMILES string of the molecule is Cc1cc2c(s1)c1cc(-c3ccc(N(c4ccccc4)c4ccc5c(c4)C(C)(C)c4ccccc4-5)cc3C)ccc1n2-c1ccc2c(c1)C(C)(C)c1ccccc1-2. The van der Waals surface area contributed by atoms with E-state index in [0.717, 1.165) is 11.4 Å². The Morgan fingerprint density at radius 1 is 0.456 bits per heavy atom. The van der Waals surface area contributed by atoms with E-state index in [0.29, 0.717) is 0 Å². The number of hydrogen-bond acceptors (Lipinski definition) is 2. The smallest absolute Gasteiger partial charge is 0.0651 e. The van der Waals surface area contributed by atoms with Crippen molar-refractivity contribution in [3.05, 3.63) is 190 Å². The maximum Gasteiger partial charge on any atom is 0.0651 e. The van der Waals surface area contributed by atoms with Crippen molar-refractivity contribution in [2.75, 3.05) is 4.90 Å². The van der Waals surface area contributed by atoms with Crippen LogP contribution in [-0.2, 0) is 10.8 Å². The zero-order valence-corrected chi connectivity index (χ0v) is 34.1. The highest BCUT2D eigenvalue weighted by Gasteiger charge is 2.37. The molecule has 0 fully saturated rings. The van der Waals surface area contributed by atoms with Gasteiger partial charge in [0, 0.05) is 43.8 Å². The third-order valence-electron chi connectivity index (χ3n) is 13.0. The monoisotopic (exact) mass is 752 g/mol. The van der Waals surface area contributed by atoms with Crippen molar-refractivity contribution in [1.29, 1.82) is 0 Å². The molecule has 0 saturated carbocycles. The van der Waals surface area contributed by atoms with E-state index in [4.69, 9.17) is 0 Å². The standard InChI is InChI=1S/C54H44N2S/c1-33-28-37(55(36-14-8-7-9-15-36)38-22-25-43-41-16-10-12-18-46(41)53(3,4)48(43)31-38)21-24-40(33)35-20-27-50-45(30-35)52-51(29-34(2)57-52)56(50)39-23-26-44-42-17-11-13-19-47(42)54(5,6)49(44)32-39/h7-32H,1-6H3. The molecule has 2 aliphatic rings. The molecule has 0 radical (unpaired) electrons. The predicted octanol–water partition coefficient (Wildman–Crippen LogP) is 15.2. The molecule has 2 aliphatic carbocycles. The highest BCUT2D eigenvalue weighted by Crippen LogP contribution is 2.52. The number of aromatic nitrogens is 1. The molecular formula is C54H44N2S. The Morgan fingerprint density at radius 3 is 1.72 bits per heavy atom. The summed E-state index contributed by atoms with van der Waals surface area (Å²) in [6, 6.07) is 59.1. The Labute approximate surface area is 339 Å². The maximum atomic E-state index is 2.49. The van der Waals surface area contributed by atoms with Crippen LogP contribution in [0.4, 0.5) is 17.1 Å². The van der Waals surface area contributed by atoms with Crippen LogP contribution in [0, 0.1) is 13.8 Å². The molecule has 11 rings (SSSR count). The van der Waals surface area contributed by atoms with E-state index in [9.17, 15) is 0 Å². The van der Waals surface area contributed by atoms with Gasteiger partial charge in [-0.05, 0) is 142 Å². The molecule has 0 aliphatic heterocycles. The van der Waals surface area contributed by atoms with E-state index >= 15 is 0 Å². The molecule has 0 saturated heterocycles. The molecule has 57 heavy (non-hydrogen) atoms. The Hall–Kier alpha value is -6.16. The molecule has 0 unspecified atom stereocenters. The maximum absolute atomic E-state index is 2.49. The lowest BCUT2D eigenvalue weighted by atomic mass is 9.82. The lowest BCUT2D eigenvalue weighted by molar-refractivity contribution is 0.660. The number of hydrogen-bond donors (Lipinski definition) is 0. The first-order valence-corrected chi connectivity index (χ1v) is 20.9. The van der Waals surface area contributed by atoms with Gasteiger partial charge in [0.15, 0.2) is 0 Å². The van der Waals surface area contributed by atoms with Crippen molar-refractivity contribution in [1.82, 2.24) is 4.57 Å². The lowest BCUT2D eigenvalue weighted by Crippen LogP contribution is -2.16.